The molecule has 112 valence electrons. The number of piperazine rings is 1. The standard InChI is InChI=1S/C15H19ClN4S/c1-19-5-7-20(8-6-19)18-11-15-17-10-14(21-15)12-3-2-4-13(16)9-12/h2-4,9-10,18H,5-8,11H2,1H3. The minimum absolute atomic E-state index is 0.762. The third-order valence-corrected chi connectivity index (χ3v) is 4.90. The monoisotopic (exact) mass is 322 g/mol. The SMILES string of the molecule is CN1CCN(NCc2ncc(-c3cccc(Cl)c3)s2)CC1. The van der Waals surface area contributed by atoms with Crippen molar-refractivity contribution in [2.24, 2.45) is 0 Å². The van der Waals surface area contributed by atoms with Crippen molar-refractivity contribution in [2.75, 3.05) is 33.2 Å². The van der Waals surface area contributed by atoms with Crippen LogP contribution in [0.5, 0.6) is 0 Å². The van der Waals surface area contributed by atoms with Crippen molar-refractivity contribution >= 4 is 22.9 Å². The Kier molecular flexibility index (Phi) is 4.87. The summed E-state index contributed by atoms with van der Waals surface area (Å²) in [6.45, 7) is 5.12. The number of hydrogen-bond donors (Lipinski definition) is 1. The molecule has 1 fully saturated rings. The van der Waals surface area contributed by atoms with E-state index in [4.69, 9.17) is 11.6 Å². The number of likely N-dealkylation sites (N-methyl/N-ethyl adjacent to an activating group) is 1. The summed E-state index contributed by atoms with van der Waals surface area (Å²) >= 11 is 7.75. The molecule has 6 heteroatoms. The van der Waals surface area contributed by atoms with Crippen LogP contribution in [-0.4, -0.2) is 48.1 Å². The van der Waals surface area contributed by atoms with Crippen LogP contribution in [0, 0.1) is 0 Å². The van der Waals surface area contributed by atoms with Gasteiger partial charge in [-0.3, -0.25) is 0 Å². The molecule has 21 heavy (non-hydrogen) atoms. The van der Waals surface area contributed by atoms with E-state index in [1.807, 2.05) is 24.4 Å². The van der Waals surface area contributed by atoms with Gasteiger partial charge in [0.15, 0.2) is 0 Å². The average molecular weight is 323 g/mol. The normalized spacial score (nSPS) is 17.2. The van der Waals surface area contributed by atoms with Gasteiger partial charge in [-0.25, -0.2) is 15.4 Å². The molecule has 4 nitrogen and oxygen atoms in total. The van der Waals surface area contributed by atoms with Gasteiger partial charge in [-0.05, 0) is 24.7 Å². The van der Waals surface area contributed by atoms with E-state index in [9.17, 15) is 0 Å². The lowest BCUT2D eigenvalue weighted by atomic mass is 10.2. The van der Waals surface area contributed by atoms with Gasteiger partial charge in [-0.2, -0.15) is 0 Å². The molecule has 2 heterocycles. The van der Waals surface area contributed by atoms with Crippen molar-refractivity contribution in [3.05, 3.63) is 40.5 Å². The molecule has 0 unspecified atom stereocenters. The summed E-state index contributed by atoms with van der Waals surface area (Å²) in [4.78, 5) is 8.00. The summed E-state index contributed by atoms with van der Waals surface area (Å²) in [5.41, 5.74) is 4.59. The summed E-state index contributed by atoms with van der Waals surface area (Å²) in [5.74, 6) is 0. The molecule has 1 saturated heterocycles. The van der Waals surface area contributed by atoms with Crippen LogP contribution < -0.4 is 5.43 Å². The third-order valence-electron chi connectivity index (χ3n) is 3.62. The molecular weight excluding hydrogens is 304 g/mol. The van der Waals surface area contributed by atoms with Gasteiger partial charge in [-0.1, -0.05) is 23.7 Å². The number of halogens is 1. The van der Waals surface area contributed by atoms with Gasteiger partial charge in [0.2, 0.25) is 0 Å². The lowest BCUT2D eigenvalue weighted by Gasteiger charge is -2.32. The number of nitrogens with zero attached hydrogens (tertiary/aromatic N) is 3. The van der Waals surface area contributed by atoms with Crippen molar-refractivity contribution in [2.45, 2.75) is 6.54 Å². The molecular formula is C15H19ClN4S. The highest BCUT2D eigenvalue weighted by Gasteiger charge is 2.13. The zero-order valence-electron chi connectivity index (χ0n) is 12.1. The predicted molar refractivity (Wildman–Crippen MR) is 88.5 cm³/mol. The molecule has 0 aliphatic carbocycles. The first-order valence-corrected chi connectivity index (χ1v) is 8.28. The van der Waals surface area contributed by atoms with Gasteiger partial charge >= 0.3 is 0 Å². The Morgan fingerprint density at radius 2 is 2.10 bits per heavy atom. The topological polar surface area (TPSA) is 31.4 Å². The lowest BCUT2D eigenvalue weighted by molar-refractivity contribution is 0.102. The van der Waals surface area contributed by atoms with Crippen molar-refractivity contribution in [3.63, 3.8) is 0 Å². The zero-order valence-corrected chi connectivity index (χ0v) is 13.6. The fourth-order valence-corrected chi connectivity index (χ4v) is 3.35. The molecule has 2 aromatic rings. The quantitative estimate of drug-likeness (QED) is 0.938. The molecule has 1 aliphatic heterocycles. The Balaban J connectivity index is 1.58. The zero-order chi connectivity index (χ0) is 14.7. The van der Waals surface area contributed by atoms with Crippen LogP contribution in [0.3, 0.4) is 0 Å². The Labute approximate surface area is 134 Å². The van der Waals surface area contributed by atoms with E-state index in [2.05, 4.69) is 33.4 Å². The van der Waals surface area contributed by atoms with Crippen molar-refractivity contribution < 1.29 is 0 Å². The molecule has 1 aromatic heterocycles. The highest BCUT2D eigenvalue weighted by atomic mass is 35.5. The van der Waals surface area contributed by atoms with Gasteiger partial charge in [0.05, 0.1) is 11.4 Å². The first-order valence-electron chi connectivity index (χ1n) is 7.08. The second-order valence-corrected chi connectivity index (χ2v) is 6.81. The predicted octanol–water partition coefficient (Wildman–Crippen LogP) is 2.72. The van der Waals surface area contributed by atoms with Crippen molar-refractivity contribution in [1.29, 1.82) is 0 Å². The second kappa shape index (κ2) is 6.85. The highest BCUT2D eigenvalue weighted by Crippen LogP contribution is 2.27. The molecule has 0 bridgehead atoms. The maximum absolute atomic E-state index is 6.04. The highest BCUT2D eigenvalue weighted by molar-refractivity contribution is 7.15. The van der Waals surface area contributed by atoms with Gasteiger partial charge < -0.3 is 4.90 Å². The largest absolute Gasteiger partial charge is 0.304 e. The summed E-state index contributed by atoms with van der Waals surface area (Å²) in [5, 5.41) is 4.14. The van der Waals surface area contributed by atoms with E-state index in [1.165, 1.54) is 0 Å². The van der Waals surface area contributed by atoms with Crippen LogP contribution in [-0.2, 0) is 6.54 Å². The Morgan fingerprint density at radius 1 is 1.29 bits per heavy atom. The van der Waals surface area contributed by atoms with Crippen molar-refractivity contribution in [3.8, 4) is 10.4 Å². The van der Waals surface area contributed by atoms with Gasteiger partial charge in [0.1, 0.15) is 5.01 Å². The molecule has 0 saturated carbocycles. The van der Waals surface area contributed by atoms with Crippen LogP contribution in [0.2, 0.25) is 5.02 Å². The molecule has 0 atom stereocenters. The molecule has 3 rings (SSSR count). The maximum Gasteiger partial charge on any atom is 0.108 e. The molecule has 1 aromatic carbocycles. The Hall–Kier alpha value is -0.980. The van der Waals surface area contributed by atoms with E-state index < -0.39 is 0 Å². The van der Waals surface area contributed by atoms with Crippen LogP contribution in [0.15, 0.2) is 30.5 Å². The molecule has 1 N–H and O–H groups in total. The van der Waals surface area contributed by atoms with E-state index in [0.717, 1.165) is 53.2 Å². The number of hydrogen-bond acceptors (Lipinski definition) is 5. The Morgan fingerprint density at radius 3 is 2.86 bits per heavy atom. The van der Waals surface area contributed by atoms with Gasteiger partial charge in [0.25, 0.3) is 0 Å². The van der Waals surface area contributed by atoms with E-state index in [-0.39, 0.29) is 0 Å². The van der Waals surface area contributed by atoms with Crippen molar-refractivity contribution in [1.82, 2.24) is 20.3 Å². The second-order valence-electron chi connectivity index (χ2n) is 5.25. The molecule has 0 radical (unpaired) electrons. The molecule has 0 spiro atoms. The number of hydrazine groups is 1. The minimum atomic E-state index is 0.762. The fraction of sp³-hybridized carbons (Fsp3) is 0.400. The van der Waals surface area contributed by atoms with E-state index >= 15 is 0 Å². The minimum Gasteiger partial charge on any atom is -0.304 e. The first kappa shape index (κ1) is 14.9. The van der Waals surface area contributed by atoms with E-state index in [0.29, 0.717) is 0 Å². The maximum atomic E-state index is 6.04. The number of nitrogens with one attached hydrogen (secondary N) is 1. The Bertz CT molecular complexity index is 593. The van der Waals surface area contributed by atoms with E-state index in [1.54, 1.807) is 11.3 Å². The number of rotatable bonds is 4. The third kappa shape index (κ3) is 4.02. The summed E-state index contributed by atoms with van der Waals surface area (Å²) in [6.07, 6.45) is 1.93. The summed E-state index contributed by atoms with van der Waals surface area (Å²) in [6, 6.07) is 7.91. The van der Waals surface area contributed by atoms with Crippen LogP contribution in [0.25, 0.3) is 10.4 Å². The lowest BCUT2D eigenvalue weighted by Crippen LogP contribution is -2.50. The first-order chi connectivity index (χ1) is 10.2. The molecule has 1 aliphatic rings. The van der Waals surface area contributed by atoms with Crippen LogP contribution >= 0.6 is 22.9 Å². The summed E-state index contributed by atoms with van der Waals surface area (Å²) < 4.78 is 0. The average Bonchev–Trinajstić information content (AvgIpc) is 2.96. The number of aromatic nitrogens is 1. The summed E-state index contributed by atoms with van der Waals surface area (Å²) in [7, 11) is 2.16. The fourth-order valence-electron chi connectivity index (χ4n) is 2.31. The van der Waals surface area contributed by atoms with Gasteiger partial charge in [0, 0.05) is 37.4 Å². The smallest absolute Gasteiger partial charge is 0.108 e. The number of thiazole rings is 1. The van der Waals surface area contributed by atoms with Gasteiger partial charge in [-0.15, -0.1) is 11.3 Å². The molecule has 0 amide bonds. The van der Waals surface area contributed by atoms with Crippen LogP contribution in [0.4, 0.5) is 0 Å². The van der Waals surface area contributed by atoms with Crippen LogP contribution in [0.1, 0.15) is 5.01 Å². The number of benzene rings is 1.